The summed E-state index contributed by atoms with van der Waals surface area (Å²) < 4.78 is 25.8. The molecule has 1 heterocycles. The van der Waals surface area contributed by atoms with E-state index >= 15 is 0 Å². The van der Waals surface area contributed by atoms with Crippen LogP contribution in [0.5, 0.6) is 0 Å². The number of aryl methyl sites for hydroxylation is 2. The molecule has 0 unspecified atom stereocenters. The van der Waals surface area contributed by atoms with Crippen LogP contribution in [-0.2, 0) is 10.0 Å². The van der Waals surface area contributed by atoms with E-state index in [1.807, 2.05) is 32.0 Å². The maximum atomic E-state index is 12.5. The van der Waals surface area contributed by atoms with Crippen molar-refractivity contribution in [2.24, 2.45) is 0 Å². The fourth-order valence-electron chi connectivity index (χ4n) is 3.17. The summed E-state index contributed by atoms with van der Waals surface area (Å²) >= 11 is 6.28. The van der Waals surface area contributed by atoms with Crippen LogP contribution in [0.4, 0.5) is 11.4 Å². The maximum absolute atomic E-state index is 12.5. The van der Waals surface area contributed by atoms with Crippen LogP contribution in [-0.4, -0.2) is 26.6 Å². The van der Waals surface area contributed by atoms with Crippen molar-refractivity contribution >= 4 is 38.9 Å². The molecular formula is C19H21ClN2O3S. The van der Waals surface area contributed by atoms with Gasteiger partial charge in [0.15, 0.2) is 0 Å². The molecule has 2 aromatic rings. The zero-order valence-corrected chi connectivity index (χ0v) is 16.3. The van der Waals surface area contributed by atoms with Crippen molar-refractivity contribution in [3.63, 3.8) is 0 Å². The lowest BCUT2D eigenvalue weighted by Crippen LogP contribution is -2.37. The van der Waals surface area contributed by atoms with Gasteiger partial charge in [-0.25, -0.2) is 8.42 Å². The van der Waals surface area contributed by atoms with Gasteiger partial charge in [0.25, 0.3) is 5.91 Å². The van der Waals surface area contributed by atoms with Crippen LogP contribution in [0.15, 0.2) is 36.4 Å². The van der Waals surface area contributed by atoms with Gasteiger partial charge in [-0.05, 0) is 68.1 Å². The Morgan fingerprint density at radius 3 is 2.38 bits per heavy atom. The number of amides is 1. The third-order valence-electron chi connectivity index (χ3n) is 4.31. The van der Waals surface area contributed by atoms with E-state index in [1.54, 1.807) is 18.2 Å². The molecule has 1 saturated heterocycles. The number of sulfonamides is 1. The highest BCUT2D eigenvalue weighted by Crippen LogP contribution is 2.29. The molecule has 1 N–H and O–H groups in total. The molecule has 1 aliphatic heterocycles. The van der Waals surface area contributed by atoms with Gasteiger partial charge in [0.2, 0.25) is 10.0 Å². The number of hydrogen-bond donors (Lipinski definition) is 1. The average Bonchev–Trinajstić information content (AvgIpc) is 2.53. The zero-order chi connectivity index (χ0) is 18.9. The average molecular weight is 393 g/mol. The molecule has 0 aliphatic carbocycles. The Morgan fingerprint density at radius 1 is 1.08 bits per heavy atom. The van der Waals surface area contributed by atoms with Crippen LogP contribution in [0.3, 0.4) is 0 Å². The van der Waals surface area contributed by atoms with Gasteiger partial charge in [0.05, 0.1) is 22.0 Å². The van der Waals surface area contributed by atoms with Crippen molar-refractivity contribution in [2.45, 2.75) is 26.7 Å². The van der Waals surface area contributed by atoms with Crippen LogP contribution in [0, 0.1) is 13.8 Å². The van der Waals surface area contributed by atoms with Gasteiger partial charge in [-0.1, -0.05) is 17.7 Å². The first-order valence-electron chi connectivity index (χ1n) is 8.46. The first-order valence-corrected chi connectivity index (χ1v) is 10.4. The van der Waals surface area contributed by atoms with Crippen molar-refractivity contribution in [1.82, 2.24) is 0 Å². The summed E-state index contributed by atoms with van der Waals surface area (Å²) in [6, 6.07) is 10.5. The minimum Gasteiger partial charge on any atom is -0.322 e. The summed E-state index contributed by atoms with van der Waals surface area (Å²) in [5, 5.41) is 3.07. The number of anilines is 2. The number of nitrogens with one attached hydrogen (secondary N) is 1. The number of carbonyl (C=O) groups excluding carboxylic acids is 1. The predicted octanol–water partition coefficient (Wildman–Crippen LogP) is 4.14. The minimum atomic E-state index is -3.31. The number of halogens is 1. The standard InChI is InChI=1S/C19H21ClN2O3S/c1-13-9-14(2)11-15(10-13)21-19(23)17-6-5-16(12-18(17)20)22-7-3-4-8-26(22,24)25/h5-6,9-12H,3-4,7-8H2,1-2H3,(H,21,23). The summed E-state index contributed by atoms with van der Waals surface area (Å²) in [5.41, 5.74) is 3.61. The van der Waals surface area contributed by atoms with Crippen LogP contribution in [0.1, 0.15) is 34.3 Å². The van der Waals surface area contributed by atoms with E-state index in [0.717, 1.165) is 17.5 Å². The molecule has 0 bridgehead atoms. The molecule has 0 radical (unpaired) electrons. The lowest BCUT2D eigenvalue weighted by molar-refractivity contribution is 0.102. The van der Waals surface area contributed by atoms with E-state index in [4.69, 9.17) is 11.6 Å². The lowest BCUT2D eigenvalue weighted by Gasteiger charge is -2.28. The second-order valence-corrected chi connectivity index (χ2v) is 9.01. The Labute approximate surface area is 159 Å². The van der Waals surface area contributed by atoms with E-state index in [0.29, 0.717) is 29.9 Å². The summed E-state index contributed by atoms with van der Waals surface area (Å²) in [4.78, 5) is 12.5. The van der Waals surface area contributed by atoms with Gasteiger partial charge in [-0.15, -0.1) is 0 Å². The Bertz CT molecular complexity index is 937. The monoisotopic (exact) mass is 392 g/mol. The highest BCUT2D eigenvalue weighted by molar-refractivity contribution is 7.92. The molecule has 1 fully saturated rings. The first kappa shape index (κ1) is 18.7. The smallest absolute Gasteiger partial charge is 0.257 e. The molecule has 0 aromatic heterocycles. The number of rotatable bonds is 3. The summed E-state index contributed by atoms with van der Waals surface area (Å²) in [5.74, 6) is -0.187. The molecule has 7 heteroatoms. The van der Waals surface area contributed by atoms with E-state index < -0.39 is 10.0 Å². The number of benzene rings is 2. The van der Waals surface area contributed by atoms with Crippen LogP contribution in [0.2, 0.25) is 5.02 Å². The number of nitrogens with zero attached hydrogens (tertiary/aromatic N) is 1. The second-order valence-electron chi connectivity index (χ2n) is 6.59. The fourth-order valence-corrected chi connectivity index (χ4v) is 5.06. The highest BCUT2D eigenvalue weighted by Gasteiger charge is 2.26. The Hall–Kier alpha value is -2.05. The Morgan fingerprint density at radius 2 is 1.77 bits per heavy atom. The van der Waals surface area contributed by atoms with Crippen molar-refractivity contribution in [3.8, 4) is 0 Å². The van der Waals surface area contributed by atoms with Gasteiger partial charge < -0.3 is 5.32 Å². The van der Waals surface area contributed by atoms with Crippen molar-refractivity contribution in [3.05, 3.63) is 58.1 Å². The molecule has 1 amide bonds. The normalized spacial score (nSPS) is 16.3. The third-order valence-corrected chi connectivity index (χ3v) is 6.50. The highest BCUT2D eigenvalue weighted by atomic mass is 35.5. The molecule has 0 spiro atoms. The minimum absolute atomic E-state index is 0.138. The third kappa shape index (κ3) is 4.02. The number of hydrogen-bond acceptors (Lipinski definition) is 3. The Balaban J connectivity index is 1.84. The van der Waals surface area contributed by atoms with E-state index in [-0.39, 0.29) is 16.7 Å². The molecule has 3 rings (SSSR count). The topological polar surface area (TPSA) is 66.5 Å². The van der Waals surface area contributed by atoms with E-state index in [2.05, 4.69) is 5.32 Å². The van der Waals surface area contributed by atoms with Crippen molar-refractivity contribution < 1.29 is 13.2 Å². The van der Waals surface area contributed by atoms with Gasteiger partial charge in [-0.3, -0.25) is 9.10 Å². The first-order chi connectivity index (χ1) is 12.3. The molecule has 2 aromatic carbocycles. The van der Waals surface area contributed by atoms with Crippen LogP contribution in [0.25, 0.3) is 0 Å². The lowest BCUT2D eigenvalue weighted by atomic mass is 10.1. The van der Waals surface area contributed by atoms with E-state index in [1.165, 1.54) is 4.31 Å². The van der Waals surface area contributed by atoms with E-state index in [9.17, 15) is 13.2 Å². The van der Waals surface area contributed by atoms with Crippen molar-refractivity contribution in [2.75, 3.05) is 21.9 Å². The molecule has 138 valence electrons. The molecule has 0 saturated carbocycles. The largest absolute Gasteiger partial charge is 0.322 e. The molecule has 5 nitrogen and oxygen atoms in total. The van der Waals surface area contributed by atoms with Gasteiger partial charge >= 0.3 is 0 Å². The molecule has 26 heavy (non-hydrogen) atoms. The van der Waals surface area contributed by atoms with Gasteiger partial charge in [0.1, 0.15) is 0 Å². The SMILES string of the molecule is Cc1cc(C)cc(NC(=O)c2ccc(N3CCCCS3(=O)=O)cc2Cl)c1. The zero-order valence-electron chi connectivity index (χ0n) is 14.8. The van der Waals surface area contributed by atoms with Crippen LogP contribution >= 0.6 is 11.6 Å². The fraction of sp³-hybridized carbons (Fsp3) is 0.316. The summed E-state index contributed by atoms with van der Waals surface area (Å²) in [7, 11) is -3.31. The molecule has 1 aliphatic rings. The quantitative estimate of drug-likeness (QED) is 0.853. The number of carbonyl (C=O) groups is 1. The summed E-state index contributed by atoms with van der Waals surface area (Å²) in [6.07, 6.45) is 1.48. The second kappa shape index (κ2) is 7.29. The summed E-state index contributed by atoms with van der Waals surface area (Å²) in [6.45, 7) is 4.36. The molecular weight excluding hydrogens is 372 g/mol. The predicted molar refractivity (Wildman–Crippen MR) is 106 cm³/mol. The van der Waals surface area contributed by atoms with Gasteiger partial charge in [-0.2, -0.15) is 0 Å². The molecule has 0 atom stereocenters. The Kier molecular flexibility index (Phi) is 5.25. The van der Waals surface area contributed by atoms with Gasteiger partial charge in [0, 0.05) is 12.2 Å². The maximum Gasteiger partial charge on any atom is 0.257 e. The van der Waals surface area contributed by atoms with Crippen LogP contribution < -0.4 is 9.62 Å². The van der Waals surface area contributed by atoms with Crippen molar-refractivity contribution in [1.29, 1.82) is 0 Å².